The molecule has 1 aliphatic heterocycles. The van der Waals surface area contributed by atoms with Crippen LogP contribution in [0.5, 0.6) is 0 Å². The summed E-state index contributed by atoms with van der Waals surface area (Å²) in [7, 11) is 0. The third kappa shape index (κ3) is 5.27. The van der Waals surface area contributed by atoms with E-state index in [0.29, 0.717) is 44.9 Å². The minimum atomic E-state index is -1.75. The van der Waals surface area contributed by atoms with Crippen molar-refractivity contribution in [2.24, 2.45) is 0 Å². The van der Waals surface area contributed by atoms with Gasteiger partial charge in [0.25, 0.3) is 11.1 Å². The summed E-state index contributed by atoms with van der Waals surface area (Å²) < 4.78 is 42.4. The van der Waals surface area contributed by atoms with Crippen molar-refractivity contribution in [2.45, 2.75) is 6.54 Å². The minimum Gasteiger partial charge on any atom is -0.342 e. The largest absolute Gasteiger partial charge is 0.342 e. The molecule has 5 rings (SSSR count). The number of hydrogen-bond acceptors (Lipinski definition) is 4. The molecular weight excluding hydrogens is 574 g/mol. The van der Waals surface area contributed by atoms with E-state index < -0.39 is 46.7 Å². The molecule has 0 saturated carbocycles. The van der Waals surface area contributed by atoms with Crippen molar-refractivity contribution in [1.82, 2.24) is 9.47 Å². The average molecular weight is 590 g/mol. The van der Waals surface area contributed by atoms with Crippen molar-refractivity contribution in [3.8, 4) is 0 Å². The number of carbonyl (C=O) groups excluding carboxylic acids is 3. The normalized spacial score (nSPS) is 14.6. The lowest BCUT2D eigenvalue weighted by Gasteiger charge is -2.13. The first-order valence-corrected chi connectivity index (χ1v) is 12.9. The van der Waals surface area contributed by atoms with E-state index in [1.807, 2.05) is 28.8 Å². The highest BCUT2D eigenvalue weighted by atomic mass is 35.5. The van der Waals surface area contributed by atoms with Crippen LogP contribution in [-0.4, -0.2) is 33.1 Å². The molecule has 0 bridgehead atoms. The van der Waals surface area contributed by atoms with E-state index in [-0.39, 0.29) is 4.91 Å². The summed E-state index contributed by atoms with van der Waals surface area (Å²) in [5.74, 6) is -6.45. The molecule has 1 saturated heterocycles. The second-order valence-electron chi connectivity index (χ2n) is 8.47. The maximum atomic E-state index is 13.9. The van der Waals surface area contributed by atoms with E-state index in [1.165, 1.54) is 0 Å². The molecule has 0 unspecified atom stereocenters. The number of fused-ring (bicyclic) bond motifs is 1. The monoisotopic (exact) mass is 589 g/mol. The average Bonchev–Trinajstić information content (AvgIpc) is 3.38. The first-order valence-electron chi connectivity index (χ1n) is 11.3. The molecule has 1 fully saturated rings. The Morgan fingerprint density at radius 1 is 0.949 bits per heavy atom. The molecule has 1 aliphatic rings. The summed E-state index contributed by atoms with van der Waals surface area (Å²) in [5, 5.41) is 3.15. The van der Waals surface area contributed by atoms with Crippen molar-refractivity contribution in [3.05, 3.63) is 104 Å². The van der Waals surface area contributed by atoms with Gasteiger partial charge in [-0.05, 0) is 48.2 Å². The fraction of sp³-hybridized carbons (Fsp3) is 0.0741. The lowest BCUT2D eigenvalue weighted by Crippen LogP contribution is -2.36. The maximum Gasteiger partial charge on any atom is 0.294 e. The first kappa shape index (κ1) is 26.9. The Hall–Kier alpha value is -3.73. The van der Waals surface area contributed by atoms with E-state index in [0.717, 1.165) is 22.5 Å². The predicted molar refractivity (Wildman–Crippen MR) is 145 cm³/mol. The van der Waals surface area contributed by atoms with Gasteiger partial charge in [-0.1, -0.05) is 47.5 Å². The zero-order chi connectivity index (χ0) is 27.8. The van der Waals surface area contributed by atoms with Gasteiger partial charge in [0.1, 0.15) is 6.54 Å². The van der Waals surface area contributed by atoms with Gasteiger partial charge in [0.05, 0.1) is 17.1 Å². The molecule has 1 aromatic heterocycles. The van der Waals surface area contributed by atoms with Crippen LogP contribution in [0.1, 0.15) is 11.1 Å². The summed E-state index contributed by atoms with van der Waals surface area (Å²) in [6.07, 6.45) is 3.35. The smallest absolute Gasteiger partial charge is 0.294 e. The van der Waals surface area contributed by atoms with Crippen molar-refractivity contribution in [2.75, 3.05) is 11.9 Å². The van der Waals surface area contributed by atoms with Gasteiger partial charge in [-0.3, -0.25) is 19.3 Å². The molecule has 12 heteroatoms. The fourth-order valence-corrected chi connectivity index (χ4v) is 5.45. The van der Waals surface area contributed by atoms with Crippen LogP contribution in [-0.2, 0) is 16.1 Å². The van der Waals surface area contributed by atoms with Crippen molar-refractivity contribution in [1.29, 1.82) is 0 Å². The van der Waals surface area contributed by atoms with Crippen LogP contribution in [0.2, 0.25) is 10.0 Å². The summed E-state index contributed by atoms with van der Waals surface area (Å²) in [6, 6.07) is 14.2. The number of rotatable bonds is 6. The SMILES string of the molecule is O=C(CN1C(=O)S/C(=C/c2cn(Cc3c(Cl)cccc3Cl)c3ccccc23)C1=O)Nc1ccc(F)c(F)c1F. The summed E-state index contributed by atoms with van der Waals surface area (Å²) in [4.78, 5) is 38.7. The van der Waals surface area contributed by atoms with E-state index in [9.17, 15) is 27.6 Å². The van der Waals surface area contributed by atoms with Crippen LogP contribution in [0.25, 0.3) is 17.0 Å². The number of benzene rings is 3. The number of nitrogens with zero attached hydrogens (tertiary/aromatic N) is 2. The third-order valence-corrected chi connectivity index (χ3v) is 7.60. The zero-order valence-electron chi connectivity index (χ0n) is 19.7. The third-order valence-electron chi connectivity index (χ3n) is 5.98. The number of aromatic nitrogens is 1. The fourth-order valence-electron chi connectivity index (χ4n) is 4.11. The van der Waals surface area contributed by atoms with Gasteiger partial charge in [-0.25, -0.2) is 13.2 Å². The molecule has 0 spiro atoms. The first-order chi connectivity index (χ1) is 18.6. The number of thioether (sulfide) groups is 1. The molecule has 3 aromatic carbocycles. The second-order valence-corrected chi connectivity index (χ2v) is 10.3. The zero-order valence-corrected chi connectivity index (χ0v) is 22.0. The lowest BCUT2D eigenvalue weighted by molar-refractivity contribution is -0.127. The van der Waals surface area contributed by atoms with Crippen LogP contribution in [0.4, 0.5) is 23.7 Å². The topological polar surface area (TPSA) is 71.4 Å². The predicted octanol–water partition coefficient (Wildman–Crippen LogP) is 7.09. The number of nitrogens with one attached hydrogen (secondary N) is 1. The summed E-state index contributed by atoms with van der Waals surface area (Å²) in [5.41, 5.74) is 1.59. The molecular formula is C27H16Cl2F3N3O3S. The molecule has 6 nitrogen and oxygen atoms in total. The van der Waals surface area contributed by atoms with Crippen molar-refractivity contribution in [3.63, 3.8) is 0 Å². The number of anilines is 1. The molecule has 39 heavy (non-hydrogen) atoms. The van der Waals surface area contributed by atoms with Gasteiger partial charge in [0.2, 0.25) is 5.91 Å². The Bertz CT molecular complexity index is 1690. The highest BCUT2D eigenvalue weighted by Gasteiger charge is 2.36. The van der Waals surface area contributed by atoms with Gasteiger partial charge in [0.15, 0.2) is 17.5 Å². The van der Waals surface area contributed by atoms with Crippen LogP contribution in [0, 0.1) is 17.5 Å². The van der Waals surface area contributed by atoms with Crippen LogP contribution >= 0.6 is 35.0 Å². The second kappa shape index (κ2) is 10.8. The minimum absolute atomic E-state index is 0.0745. The Kier molecular flexibility index (Phi) is 7.44. The molecule has 0 radical (unpaired) electrons. The highest BCUT2D eigenvalue weighted by Crippen LogP contribution is 2.35. The van der Waals surface area contributed by atoms with Gasteiger partial charge in [-0.2, -0.15) is 0 Å². The summed E-state index contributed by atoms with van der Waals surface area (Å²) in [6.45, 7) is -0.387. The summed E-state index contributed by atoms with van der Waals surface area (Å²) >= 11 is 13.3. The number of carbonyl (C=O) groups is 3. The molecule has 2 heterocycles. The van der Waals surface area contributed by atoms with E-state index in [4.69, 9.17) is 23.2 Å². The molecule has 4 aromatic rings. The lowest BCUT2D eigenvalue weighted by atomic mass is 10.1. The Balaban J connectivity index is 1.39. The molecule has 198 valence electrons. The van der Waals surface area contributed by atoms with Crippen LogP contribution in [0.15, 0.2) is 65.7 Å². The number of hydrogen-bond donors (Lipinski definition) is 1. The Morgan fingerprint density at radius 2 is 1.67 bits per heavy atom. The highest BCUT2D eigenvalue weighted by molar-refractivity contribution is 8.18. The number of imide groups is 1. The Morgan fingerprint density at radius 3 is 2.41 bits per heavy atom. The molecule has 1 N–H and O–H groups in total. The molecule has 0 atom stereocenters. The number of amides is 3. The van der Waals surface area contributed by atoms with Gasteiger partial charge in [0, 0.05) is 38.3 Å². The Labute approximate surface area is 234 Å². The van der Waals surface area contributed by atoms with Crippen molar-refractivity contribution >= 4 is 74.7 Å². The quantitative estimate of drug-likeness (QED) is 0.192. The van der Waals surface area contributed by atoms with E-state index in [2.05, 4.69) is 5.32 Å². The molecule has 3 amide bonds. The van der Waals surface area contributed by atoms with E-state index >= 15 is 0 Å². The number of para-hydroxylation sites is 1. The van der Waals surface area contributed by atoms with Gasteiger partial charge >= 0.3 is 0 Å². The molecule has 0 aliphatic carbocycles. The van der Waals surface area contributed by atoms with Crippen LogP contribution in [0.3, 0.4) is 0 Å². The van der Waals surface area contributed by atoms with Crippen LogP contribution < -0.4 is 5.32 Å². The van der Waals surface area contributed by atoms with Gasteiger partial charge < -0.3 is 9.88 Å². The van der Waals surface area contributed by atoms with Gasteiger partial charge in [-0.15, -0.1) is 0 Å². The number of halogens is 5. The van der Waals surface area contributed by atoms with Crippen molar-refractivity contribution < 1.29 is 27.6 Å². The maximum absolute atomic E-state index is 13.9. The standard InChI is InChI=1S/C27H16Cl2F3N3O3S/c28-17-5-3-6-18(29)16(17)12-34-11-14(15-4-1-2-7-21(15)34)10-22-26(37)35(27(38)39-22)13-23(36)33-20-9-8-19(30)24(31)25(20)32/h1-11H,12-13H2,(H,33,36)/b22-10+. The van der Waals surface area contributed by atoms with E-state index in [1.54, 1.807) is 30.5 Å².